The van der Waals surface area contributed by atoms with Crippen LogP contribution in [0.5, 0.6) is 0 Å². The molecule has 3 rings (SSSR count). The Kier molecular flexibility index (Phi) is 7.10. The Morgan fingerprint density at radius 1 is 1.07 bits per heavy atom. The van der Waals surface area contributed by atoms with E-state index >= 15 is 0 Å². The largest absolute Gasteiger partial charge is 0.392 e. The molecule has 0 bridgehead atoms. The van der Waals surface area contributed by atoms with Crippen molar-refractivity contribution in [3.8, 4) is 11.1 Å². The maximum Gasteiger partial charge on any atom is 0.263 e. The molecule has 4 heteroatoms. The van der Waals surface area contributed by atoms with Gasteiger partial charge in [-0.3, -0.25) is 0 Å². The number of benzene rings is 2. The zero-order valence-electron chi connectivity index (χ0n) is 16.5. The maximum absolute atomic E-state index is 14.5. The molecule has 1 N–H and O–H groups in total. The van der Waals surface area contributed by atoms with Gasteiger partial charge in [-0.1, -0.05) is 58.4 Å². The lowest BCUT2D eigenvalue weighted by Gasteiger charge is -2.30. The summed E-state index contributed by atoms with van der Waals surface area (Å²) in [6, 6.07) is 8.88. The Hall–Kier alpha value is -1.81. The summed E-state index contributed by atoms with van der Waals surface area (Å²) in [6.45, 7) is 8.28. The minimum Gasteiger partial charge on any atom is -0.392 e. The molecule has 27 heavy (non-hydrogen) atoms. The Bertz CT molecular complexity index is 768. The van der Waals surface area contributed by atoms with Gasteiger partial charge in [0.25, 0.3) is 6.43 Å². The smallest absolute Gasteiger partial charge is 0.263 e. The van der Waals surface area contributed by atoms with Gasteiger partial charge in [0.1, 0.15) is 5.82 Å². The number of aliphatic hydroxyl groups is 1. The summed E-state index contributed by atoms with van der Waals surface area (Å²) in [7, 11) is 0. The molecule has 1 nitrogen and oxygen atoms in total. The van der Waals surface area contributed by atoms with Crippen molar-refractivity contribution in [2.45, 2.75) is 65.9 Å². The van der Waals surface area contributed by atoms with Crippen LogP contribution in [0, 0.1) is 11.2 Å². The summed E-state index contributed by atoms with van der Waals surface area (Å²) >= 11 is 0. The first-order valence-corrected chi connectivity index (χ1v) is 9.65. The highest BCUT2D eigenvalue weighted by Crippen LogP contribution is 2.51. The predicted molar refractivity (Wildman–Crippen MR) is 104 cm³/mol. The average molecular weight is 378 g/mol. The summed E-state index contributed by atoms with van der Waals surface area (Å²) in [5.74, 6) is -0.290. The van der Waals surface area contributed by atoms with E-state index < -0.39 is 12.2 Å². The fraction of sp³-hybridized carbons (Fsp3) is 0.478. The molecule has 148 valence electrons. The molecule has 1 saturated carbocycles. The highest BCUT2D eigenvalue weighted by atomic mass is 19.3. The van der Waals surface area contributed by atoms with E-state index in [0.29, 0.717) is 5.56 Å². The molecule has 0 saturated heterocycles. The molecular formula is C23H29F3O. The van der Waals surface area contributed by atoms with Crippen LogP contribution in [0.4, 0.5) is 13.2 Å². The van der Waals surface area contributed by atoms with Crippen molar-refractivity contribution in [2.24, 2.45) is 5.41 Å². The van der Waals surface area contributed by atoms with Crippen LogP contribution in [0.3, 0.4) is 0 Å². The molecule has 2 aromatic rings. The Morgan fingerprint density at radius 2 is 1.78 bits per heavy atom. The second-order valence-corrected chi connectivity index (χ2v) is 7.55. The average Bonchev–Trinajstić information content (AvgIpc) is 3.02. The lowest BCUT2D eigenvalue weighted by atomic mass is 9.75. The number of alkyl halides is 2. The second kappa shape index (κ2) is 8.92. The summed E-state index contributed by atoms with van der Waals surface area (Å²) < 4.78 is 40.6. The van der Waals surface area contributed by atoms with E-state index in [0.717, 1.165) is 42.5 Å². The van der Waals surface area contributed by atoms with Gasteiger partial charge < -0.3 is 5.11 Å². The number of halogens is 3. The molecule has 1 fully saturated rings. The number of hydrogen-bond acceptors (Lipinski definition) is 1. The maximum atomic E-state index is 14.5. The zero-order chi connectivity index (χ0) is 20.2. The van der Waals surface area contributed by atoms with E-state index in [9.17, 15) is 18.3 Å². The van der Waals surface area contributed by atoms with Crippen molar-refractivity contribution in [1.82, 2.24) is 0 Å². The first-order valence-electron chi connectivity index (χ1n) is 9.65. The van der Waals surface area contributed by atoms with E-state index in [1.807, 2.05) is 19.9 Å². The Balaban J connectivity index is 0.00000126. The molecule has 0 heterocycles. The standard InChI is InChI=1S/C21H23F3O.C2H6/c1-21(2)9-3-4-18(21)16-10-13(12-25)5-7-15(16)17-11-14(20(23)24)6-8-19(17)22;1-2/h5-8,10-11,18,20,25H,3-4,9,12H2,1-2H3;1-2H3/t18-;/m0./s1. The quantitative estimate of drug-likeness (QED) is 0.594. The number of hydrogen-bond donors (Lipinski definition) is 1. The normalized spacial score (nSPS) is 18.3. The van der Waals surface area contributed by atoms with Crippen LogP contribution in [-0.4, -0.2) is 5.11 Å². The summed E-state index contributed by atoms with van der Waals surface area (Å²) in [5, 5.41) is 9.49. The van der Waals surface area contributed by atoms with Crippen molar-refractivity contribution >= 4 is 0 Å². The fourth-order valence-electron chi connectivity index (χ4n) is 4.03. The predicted octanol–water partition coefficient (Wildman–Crippen LogP) is 7.24. The first kappa shape index (κ1) is 21.5. The van der Waals surface area contributed by atoms with Gasteiger partial charge in [-0.2, -0.15) is 0 Å². The molecule has 0 aliphatic heterocycles. The second-order valence-electron chi connectivity index (χ2n) is 7.55. The summed E-state index contributed by atoms with van der Waals surface area (Å²) in [5.41, 5.74) is 2.43. The van der Waals surface area contributed by atoms with Crippen molar-refractivity contribution in [3.05, 3.63) is 58.9 Å². The lowest BCUT2D eigenvalue weighted by molar-refractivity contribution is 0.151. The van der Waals surface area contributed by atoms with Crippen LogP contribution in [0.1, 0.15) is 76.0 Å². The lowest BCUT2D eigenvalue weighted by Crippen LogP contribution is -2.16. The van der Waals surface area contributed by atoms with Crippen LogP contribution < -0.4 is 0 Å². The van der Waals surface area contributed by atoms with Crippen molar-refractivity contribution < 1.29 is 18.3 Å². The molecule has 0 amide bonds. The topological polar surface area (TPSA) is 20.2 Å². The third kappa shape index (κ3) is 4.55. The van der Waals surface area contributed by atoms with Crippen molar-refractivity contribution in [1.29, 1.82) is 0 Å². The van der Waals surface area contributed by atoms with Crippen LogP contribution in [0.15, 0.2) is 36.4 Å². The molecular weight excluding hydrogens is 349 g/mol. The van der Waals surface area contributed by atoms with Gasteiger partial charge in [0.05, 0.1) is 6.61 Å². The molecule has 1 aliphatic carbocycles. The number of aliphatic hydroxyl groups excluding tert-OH is 1. The summed E-state index contributed by atoms with van der Waals surface area (Å²) in [4.78, 5) is 0. The van der Waals surface area contributed by atoms with Crippen LogP contribution in [0.25, 0.3) is 11.1 Å². The van der Waals surface area contributed by atoms with Gasteiger partial charge in [0, 0.05) is 11.1 Å². The number of rotatable bonds is 4. The Morgan fingerprint density at radius 3 is 2.33 bits per heavy atom. The highest BCUT2D eigenvalue weighted by Gasteiger charge is 2.37. The van der Waals surface area contributed by atoms with Gasteiger partial charge in [-0.15, -0.1) is 0 Å². The monoisotopic (exact) mass is 378 g/mol. The SMILES string of the molecule is CC.CC1(C)CCC[C@H]1c1cc(CO)ccc1-c1cc(C(F)F)ccc1F. The van der Waals surface area contributed by atoms with E-state index in [-0.39, 0.29) is 29.1 Å². The zero-order valence-corrected chi connectivity index (χ0v) is 16.5. The fourth-order valence-corrected chi connectivity index (χ4v) is 4.03. The molecule has 0 spiro atoms. The Labute approximate surface area is 160 Å². The van der Waals surface area contributed by atoms with Crippen LogP contribution in [-0.2, 0) is 6.61 Å². The van der Waals surface area contributed by atoms with Gasteiger partial charge in [0.2, 0.25) is 0 Å². The van der Waals surface area contributed by atoms with E-state index in [2.05, 4.69) is 13.8 Å². The third-order valence-electron chi connectivity index (χ3n) is 5.46. The van der Waals surface area contributed by atoms with E-state index in [4.69, 9.17) is 0 Å². The molecule has 0 aromatic heterocycles. The van der Waals surface area contributed by atoms with Gasteiger partial charge in [-0.25, -0.2) is 13.2 Å². The van der Waals surface area contributed by atoms with Crippen molar-refractivity contribution in [3.63, 3.8) is 0 Å². The molecule has 0 radical (unpaired) electrons. The van der Waals surface area contributed by atoms with Crippen molar-refractivity contribution in [2.75, 3.05) is 0 Å². The minimum atomic E-state index is -2.64. The molecule has 0 unspecified atom stereocenters. The first-order chi connectivity index (χ1) is 12.8. The van der Waals surface area contributed by atoms with Gasteiger partial charge in [-0.05, 0) is 53.0 Å². The minimum absolute atomic E-state index is 0.0552. The van der Waals surface area contributed by atoms with Gasteiger partial charge >= 0.3 is 0 Å². The molecule has 2 aromatic carbocycles. The van der Waals surface area contributed by atoms with Crippen LogP contribution in [0.2, 0.25) is 0 Å². The van der Waals surface area contributed by atoms with Gasteiger partial charge in [0.15, 0.2) is 0 Å². The van der Waals surface area contributed by atoms with E-state index in [1.54, 1.807) is 12.1 Å². The van der Waals surface area contributed by atoms with Crippen LogP contribution >= 0.6 is 0 Å². The highest BCUT2D eigenvalue weighted by molar-refractivity contribution is 5.70. The molecule has 1 aliphatic rings. The third-order valence-corrected chi connectivity index (χ3v) is 5.46. The molecule has 1 atom stereocenters. The summed E-state index contributed by atoms with van der Waals surface area (Å²) in [6.07, 6.45) is 0.493. The van der Waals surface area contributed by atoms with E-state index in [1.165, 1.54) is 6.07 Å².